The molecular weight excluding hydrogens is 340 g/mol. The summed E-state index contributed by atoms with van der Waals surface area (Å²) in [5.41, 5.74) is 0.703. The molecule has 0 saturated carbocycles. The van der Waals surface area contributed by atoms with E-state index < -0.39 is 10.0 Å². The first-order valence-electron chi connectivity index (χ1n) is 8.81. The molecule has 1 amide bonds. The molecule has 1 aromatic carbocycles. The van der Waals surface area contributed by atoms with E-state index in [1.807, 2.05) is 13.8 Å². The second-order valence-electron chi connectivity index (χ2n) is 6.88. The molecule has 2 rings (SSSR count). The lowest BCUT2D eigenvalue weighted by Gasteiger charge is -2.26. The molecule has 1 aliphatic rings. The number of hydrogen-bond acceptors (Lipinski definition) is 4. The largest absolute Gasteiger partial charge is 0.484 e. The number of aryl methyl sites for hydroxylation is 1. The number of sulfonamides is 1. The third kappa shape index (κ3) is 5.44. The number of benzene rings is 1. The topological polar surface area (TPSA) is 75.7 Å². The Hall–Kier alpha value is -1.60. The molecule has 1 N–H and O–H groups in total. The summed E-state index contributed by atoms with van der Waals surface area (Å²) in [6, 6.07) is 4.80. The van der Waals surface area contributed by atoms with Gasteiger partial charge >= 0.3 is 0 Å². The molecular formula is C18H28N2O4S. The van der Waals surface area contributed by atoms with Crippen molar-refractivity contribution in [3.8, 4) is 5.75 Å². The molecule has 1 heterocycles. The Kier molecular flexibility index (Phi) is 6.84. The van der Waals surface area contributed by atoms with E-state index in [0.29, 0.717) is 36.9 Å². The third-order valence-electron chi connectivity index (χ3n) is 4.17. The zero-order valence-corrected chi connectivity index (χ0v) is 16.1. The SMILES string of the molecule is Cc1cc(S(=O)(=O)N2CCCCC2)ccc1OCC(=O)NCC(C)C. The smallest absolute Gasteiger partial charge is 0.257 e. The summed E-state index contributed by atoms with van der Waals surface area (Å²) in [5.74, 6) is 0.723. The maximum absolute atomic E-state index is 12.7. The minimum Gasteiger partial charge on any atom is -0.484 e. The first kappa shape index (κ1) is 19.7. The van der Waals surface area contributed by atoms with E-state index in [4.69, 9.17) is 4.74 Å². The molecule has 1 saturated heterocycles. The summed E-state index contributed by atoms with van der Waals surface area (Å²) < 4.78 is 32.4. The fourth-order valence-corrected chi connectivity index (χ4v) is 4.31. The lowest BCUT2D eigenvalue weighted by atomic mass is 10.2. The van der Waals surface area contributed by atoms with E-state index in [2.05, 4.69) is 5.32 Å². The quantitative estimate of drug-likeness (QED) is 0.801. The highest BCUT2D eigenvalue weighted by Gasteiger charge is 2.26. The van der Waals surface area contributed by atoms with Crippen LogP contribution in [0.3, 0.4) is 0 Å². The molecule has 1 aliphatic heterocycles. The molecule has 0 unspecified atom stereocenters. The van der Waals surface area contributed by atoms with Gasteiger partial charge in [0.1, 0.15) is 5.75 Å². The van der Waals surface area contributed by atoms with Gasteiger partial charge in [0, 0.05) is 19.6 Å². The van der Waals surface area contributed by atoms with Gasteiger partial charge in [0.15, 0.2) is 6.61 Å². The van der Waals surface area contributed by atoms with Crippen molar-refractivity contribution >= 4 is 15.9 Å². The third-order valence-corrected chi connectivity index (χ3v) is 6.06. The van der Waals surface area contributed by atoms with Crippen molar-refractivity contribution in [3.63, 3.8) is 0 Å². The average molecular weight is 368 g/mol. The van der Waals surface area contributed by atoms with Crippen molar-refractivity contribution in [2.24, 2.45) is 5.92 Å². The summed E-state index contributed by atoms with van der Waals surface area (Å²) in [6.45, 7) is 7.52. The van der Waals surface area contributed by atoms with Crippen LogP contribution in [-0.4, -0.2) is 44.9 Å². The molecule has 140 valence electrons. The van der Waals surface area contributed by atoms with Crippen LogP contribution in [0.1, 0.15) is 38.7 Å². The minimum atomic E-state index is -3.45. The van der Waals surface area contributed by atoms with E-state index in [0.717, 1.165) is 19.3 Å². The van der Waals surface area contributed by atoms with E-state index in [-0.39, 0.29) is 17.4 Å². The van der Waals surface area contributed by atoms with Crippen LogP contribution in [0, 0.1) is 12.8 Å². The van der Waals surface area contributed by atoms with Gasteiger partial charge in [-0.1, -0.05) is 20.3 Å². The van der Waals surface area contributed by atoms with E-state index >= 15 is 0 Å². The number of piperidine rings is 1. The predicted molar refractivity (Wildman–Crippen MR) is 97.1 cm³/mol. The summed E-state index contributed by atoms with van der Waals surface area (Å²) >= 11 is 0. The van der Waals surface area contributed by atoms with Gasteiger partial charge in [-0.3, -0.25) is 4.79 Å². The highest BCUT2D eigenvalue weighted by Crippen LogP contribution is 2.25. The molecule has 0 radical (unpaired) electrons. The van der Waals surface area contributed by atoms with Gasteiger partial charge in [0.2, 0.25) is 10.0 Å². The van der Waals surface area contributed by atoms with Crippen LogP contribution in [0.25, 0.3) is 0 Å². The molecule has 0 spiro atoms. The maximum Gasteiger partial charge on any atom is 0.257 e. The van der Waals surface area contributed by atoms with Gasteiger partial charge in [-0.15, -0.1) is 0 Å². The molecule has 0 bridgehead atoms. The number of rotatable bonds is 7. The zero-order valence-electron chi connectivity index (χ0n) is 15.2. The number of ether oxygens (including phenoxy) is 1. The van der Waals surface area contributed by atoms with Crippen LogP contribution in [0.4, 0.5) is 0 Å². The molecule has 1 aromatic rings. The second-order valence-corrected chi connectivity index (χ2v) is 8.82. The Balaban J connectivity index is 2.01. The molecule has 0 atom stereocenters. The number of amides is 1. The maximum atomic E-state index is 12.7. The van der Waals surface area contributed by atoms with Crippen molar-refractivity contribution < 1.29 is 17.9 Å². The van der Waals surface area contributed by atoms with Crippen LogP contribution in [0.2, 0.25) is 0 Å². The molecule has 1 fully saturated rings. The second kappa shape index (κ2) is 8.67. The van der Waals surface area contributed by atoms with Crippen LogP contribution < -0.4 is 10.1 Å². The van der Waals surface area contributed by atoms with Crippen molar-refractivity contribution in [1.82, 2.24) is 9.62 Å². The van der Waals surface area contributed by atoms with E-state index in [9.17, 15) is 13.2 Å². The molecule has 0 aromatic heterocycles. The zero-order chi connectivity index (χ0) is 18.4. The van der Waals surface area contributed by atoms with Crippen molar-refractivity contribution in [3.05, 3.63) is 23.8 Å². The molecule has 25 heavy (non-hydrogen) atoms. The number of hydrogen-bond donors (Lipinski definition) is 1. The number of nitrogens with one attached hydrogen (secondary N) is 1. The predicted octanol–water partition coefficient (Wildman–Crippen LogP) is 2.32. The lowest BCUT2D eigenvalue weighted by molar-refractivity contribution is -0.123. The Labute approximate surface area is 150 Å². The van der Waals surface area contributed by atoms with Crippen LogP contribution >= 0.6 is 0 Å². The van der Waals surface area contributed by atoms with Crippen molar-refractivity contribution in [2.45, 2.75) is 44.9 Å². The number of nitrogens with zero attached hydrogens (tertiary/aromatic N) is 1. The Morgan fingerprint density at radius 2 is 1.92 bits per heavy atom. The van der Waals surface area contributed by atoms with Gasteiger partial charge in [-0.2, -0.15) is 4.31 Å². The van der Waals surface area contributed by atoms with Gasteiger partial charge in [0.05, 0.1) is 4.90 Å². The van der Waals surface area contributed by atoms with Crippen LogP contribution in [0.15, 0.2) is 23.1 Å². The number of carbonyl (C=O) groups is 1. The fraction of sp³-hybridized carbons (Fsp3) is 0.611. The average Bonchev–Trinajstić information content (AvgIpc) is 2.59. The highest BCUT2D eigenvalue weighted by molar-refractivity contribution is 7.89. The first-order valence-corrected chi connectivity index (χ1v) is 10.2. The van der Waals surface area contributed by atoms with Crippen molar-refractivity contribution in [2.75, 3.05) is 26.2 Å². The van der Waals surface area contributed by atoms with Crippen molar-refractivity contribution in [1.29, 1.82) is 0 Å². The standard InChI is InChI=1S/C18H28N2O4S/c1-14(2)12-19-18(21)13-24-17-8-7-16(11-15(17)3)25(22,23)20-9-5-4-6-10-20/h7-8,11,14H,4-6,9-10,12-13H2,1-3H3,(H,19,21). The van der Waals surface area contributed by atoms with Gasteiger partial charge < -0.3 is 10.1 Å². The van der Waals surface area contributed by atoms with Gasteiger partial charge in [0.25, 0.3) is 5.91 Å². The molecule has 0 aliphatic carbocycles. The Bertz CT molecular complexity index is 695. The molecule has 6 nitrogen and oxygen atoms in total. The summed E-state index contributed by atoms with van der Waals surface area (Å²) in [5, 5.41) is 2.78. The van der Waals surface area contributed by atoms with Gasteiger partial charge in [-0.05, 0) is 49.4 Å². The normalized spacial score (nSPS) is 16.0. The molecule has 7 heteroatoms. The first-order chi connectivity index (χ1) is 11.8. The van der Waals surface area contributed by atoms with Crippen LogP contribution in [-0.2, 0) is 14.8 Å². The van der Waals surface area contributed by atoms with Crippen LogP contribution in [0.5, 0.6) is 5.75 Å². The summed E-state index contributed by atoms with van der Waals surface area (Å²) in [4.78, 5) is 12.0. The monoisotopic (exact) mass is 368 g/mol. The fourth-order valence-electron chi connectivity index (χ4n) is 2.71. The Morgan fingerprint density at radius 3 is 2.52 bits per heavy atom. The summed E-state index contributed by atoms with van der Waals surface area (Å²) in [7, 11) is -3.45. The highest BCUT2D eigenvalue weighted by atomic mass is 32.2. The minimum absolute atomic E-state index is 0.0776. The van der Waals surface area contributed by atoms with Gasteiger partial charge in [-0.25, -0.2) is 8.42 Å². The Morgan fingerprint density at radius 1 is 1.24 bits per heavy atom. The van der Waals surface area contributed by atoms with E-state index in [1.54, 1.807) is 29.4 Å². The lowest BCUT2D eigenvalue weighted by Crippen LogP contribution is -2.35. The number of carbonyl (C=O) groups excluding carboxylic acids is 1. The summed E-state index contributed by atoms with van der Waals surface area (Å²) in [6.07, 6.45) is 2.90. The van der Waals surface area contributed by atoms with E-state index in [1.165, 1.54) is 0 Å².